The van der Waals surface area contributed by atoms with Crippen molar-refractivity contribution in [3.63, 3.8) is 0 Å². The number of benzene rings is 2. The van der Waals surface area contributed by atoms with E-state index in [1.54, 1.807) is 38.1 Å². The summed E-state index contributed by atoms with van der Waals surface area (Å²) in [6.07, 6.45) is 0. The minimum Gasteiger partial charge on any atom is -0.462 e. The maximum atomic E-state index is 12.9. The van der Waals surface area contributed by atoms with Gasteiger partial charge in [0.1, 0.15) is 0 Å². The van der Waals surface area contributed by atoms with Gasteiger partial charge >= 0.3 is 5.97 Å². The van der Waals surface area contributed by atoms with Gasteiger partial charge in [-0.1, -0.05) is 24.3 Å². The summed E-state index contributed by atoms with van der Waals surface area (Å²) in [7, 11) is -3.75. The van der Waals surface area contributed by atoms with Crippen molar-refractivity contribution < 1.29 is 17.9 Å². The molecule has 0 heterocycles. The number of rotatable bonds is 6. The lowest BCUT2D eigenvalue weighted by Crippen LogP contribution is -2.30. The lowest BCUT2D eigenvalue weighted by molar-refractivity contribution is 0.0526. The van der Waals surface area contributed by atoms with Gasteiger partial charge in [-0.3, -0.25) is 4.31 Å². The Hall–Kier alpha value is -2.34. The normalized spacial score (nSPS) is 11.0. The highest BCUT2D eigenvalue weighted by molar-refractivity contribution is 7.92. The van der Waals surface area contributed by atoms with Crippen molar-refractivity contribution in [3.8, 4) is 0 Å². The van der Waals surface area contributed by atoms with Crippen LogP contribution in [-0.2, 0) is 14.8 Å². The molecule has 6 heteroatoms. The molecule has 0 aliphatic carbocycles. The summed E-state index contributed by atoms with van der Waals surface area (Å²) in [5, 5.41) is 0. The van der Waals surface area contributed by atoms with Crippen molar-refractivity contribution in [3.05, 3.63) is 60.2 Å². The second kappa shape index (κ2) is 7.28. The molecule has 0 N–H and O–H groups in total. The molecule has 0 unspecified atom stereocenters. The van der Waals surface area contributed by atoms with E-state index >= 15 is 0 Å². The number of carbonyl (C=O) groups is 1. The molecule has 2 aromatic carbocycles. The summed E-state index contributed by atoms with van der Waals surface area (Å²) in [5.74, 6) is -0.535. The fraction of sp³-hybridized carbons (Fsp3) is 0.235. The maximum Gasteiger partial charge on any atom is 0.338 e. The van der Waals surface area contributed by atoms with Gasteiger partial charge in [0.15, 0.2) is 0 Å². The van der Waals surface area contributed by atoms with Crippen LogP contribution < -0.4 is 4.31 Å². The molecule has 0 fully saturated rings. The molecule has 0 atom stereocenters. The lowest BCUT2D eigenvalue weighted by Gasteiger charge is -2.23. The van der Waals surface area contributed by atoms with Crippen LogP contribution in [0.25, 0.3) is 0 Å². The highest BCUT2D eigenvalue weighted by Crippen LogP contribution is 2.23. The van der Waals surface area contributed by atoms with Gasteiger partial charge < -0.3 is 4.74 Å². The SMILES string of the molecule is CCOC(=O)c1cccc(S(=O)(=O)N(CC)c2ccccc2)c1. The first-order valence-corrected chi connectivity index (χ1v) is 8.79. The number of hydrogen-bond donors (Lipinski definition) is 0. The Morgan fingerprint density at radius 2 is 1.74 bits per heavy atom. The number of ether oxygens (including phenoxy) is 1. The average Bonchev–Trinajstić information content (AvgIpc) is 2.56. The molecule has 0 amide bonds. The fourth-order valence-electron chi connectivity index (χ4n) is 2.21. The molecule has 0 radical (unpaired) electrons. The maximum absolute atomic E-state index is 12.9. The summed E-state index contributed by atoms with van der Waals surface area (Å²) >= 11 is 0. The molecule has 5 nitrogen and oxygen atoms in total. The van der Waals surface area contributed by atoms with Crippen molar-refractivity contribution in [2.75, 3.05) is 17.5 Å². The standard InChI is InChI=1S/C17H19NO4S/c1-3-18(15-10-6-5-7-11-15)23(20,21)16-12-8-9-14(13-16)17(19)22-4-2/h5-13H,3-4H2,1-2H3. The zero-order valence-electron chi connectivity index (χ0n) is 13.1. The van der Waals surface area contributed by atoms with E-state index in [0.717, 1.165) is 0 Å². The number of nitrogens with zero attached hydrogens (tertiary/aromatic N) is 1. The van der Waals surface area contributed by atoms with E-state index in [4.69, 9.17) is 4.74 Å². The number of carbonyl (C=O) groups excluding carboxylic acids is 1. The topological polar surface area (TPSA) is 63.7 Å². The van der Waals surface area contributed by atoms with Crippen LogP contribution in [0, 0.1) is 0 Å². The Morgan fingerprint density at radius 3 is 2.35 bits per heavy atom. The molecule has 0 aromatic heterocycles. The molecule has 0 saturated heterocycles. The van der Waals surface area contributed by atoms with E-state index < -0.39 is 16.0 Å². The molecular formula is C17H19NO4S. The number of sulfonamides is 1. The van der Waals surface area contributed by atoms with Gasteiger partial charge in [-0.25, -0.2) is 13.2 Å². The molecule has 122 valence electrons. The third-order valence-electron chi connectivity index (χ3n) is 3.26. The van der Waals surface area contributed by atoms with Crippen LogP contribution in [-0.4, -0.2) is 27.5 Å². The van der Waals surface area contributed by atoms with E-state index in [9.17, 15) is 13.2 Å². The monoisotopic (exact) mass is 333 g/mol. The van der Waals surface area contributed by atoms with Crippen molar-refractivity contribution >= 4 is 21.7 Å². The zero-order valence-corrected chi connectivity index (χ0v) is 13.9. The molecule has 0 aliphatic rings. The van der Waals surface area contributed by atoms with E-state index in [1.807, 2.05) is 6.07 Å². The van der Waals surface area contributed by atoms with Gasteiger partial charge in [0.2, 0.25) is 0 Å². The van der Waals surface area contributed by atoms with E-state index in [2.05, 4.69) is 0 Å². The van der Waals surface area contributed by atoms with Gasteiger partial charge in [-0.2, -0.15) is 0 Å². The van der Waals surface area contributed by atoms with E-state index in [1.165, 1.54) is 28.6 Å². The summed E-state index contributed by atoms with van der Waals surface area (Å²) < 4.78 is 32.0. The minimum absolute atomic E-state index is 0.0637. The Balaban J connectivity index is 2.43. The third kappa shape index (κ3) is 3.71. The molecule has 0 bridgehead atoms. The van der Waals surface area contributed by atoms with Gasteiger partial charge in [0, 0.05) is 6.54 Å². The first-order chi connectivity index (χ1) is 11.0. The van der Waals surface area contributed by atoms with Crippen LogP contribution >= 0.6 is 0 Å². The van der Waals surface area contributed by atoms with Crippen LogP contribution in [0.3, 0.4) is 0 Å². The van der Waals surface area contributed by atoms with Gasteiger partial charge in [-0.15, -0.1) is 0 Å². The Morgan fingerprint density at radius 1 is 1.04 bits per heavy atom. The quantitative estimate of drug-likeness (QED) is 0.762. The van der Waals surface area contributed by atoms with E-state index in [-0.39, 0.29) is 23.6 Å². The van der Waals surface area contributed by atoms with Crippen LogP contribution in [0.15, 0.2) is 59.5 Å². The van der Waals surface area contributed by atoms with Crippen LogP contribution in [0.5, 0.6) is 0 Å². The van der Waals surface area contributed by atoms with Crippen molar-refractivity contribution in [2.45, 2.75) is 18.7 Å². The van der Waals surface area contributed by atoms with Crippen LogP contribution in [0.2, 0.25) is 0 Å². The molecule has 2 rings (SSSR count). The largest absolute Gasteiger partial charge is 0.462 e. The molecule has 0 aliphatic heterocycles. The predicted molar refractivity (Wildman–Crippen MR) is 89.0 cm³/mol. The second-order valence-electron chi connectivity index (χ2n) is 4.75. The second-order valence-corrected chi connectivity index (χ2v) is 6.62. The summed E-state index contributed by atoms with van der Waals surface area (Å²) in [6.45, 7) is 3.99. The van der Waals surface area contributed by atoms with Crippen molar-refractivity contribution in [1.29, 1.82) is 0 Å². The van der Waals surface area contributed by atoms with Gasteiger partial charge in [0.25, 0.3) is 10.0 Å². The Labute approximate surface area is 136 Å². The fourth-order valence-corrected chi connectivity index (χ4v) is 3.73. The number of hydrogen-bond acceptors (Lipinski definition) is 4. The molecule has 23 heavy (non-hydrogen) atoms. The number of esters is 1. The minimum atomic E-state index is -3.75. The van der Waals surface area contributed by atoms with Crippen LogP contribution in [0.1, 0.15) is 24.2 Å². The highest BCUT2D eigenvalue weighted by Gasteiger charge is 2.24. The van der Waals surface area contributed by atoms with Crippen LogP contribution in [0.4, 0.5) is 5.69 Å². The zero-order chi connectivity index (χ0) is 16.9. The number of anilines is 1. The van der Waals surface area contributed by atoms with Crippen molar-refractivity contribution in [1.82, 2.24) is 0 Å². The van der Waals surface area contributed by atoms with Gasteiger partial charge in [-0.05, 0) is 44.2 Å². The van der Waals surface area contributed by atoms with E-state index in [0.29, 0.717) is 5.69 Å². The Bertz CT molecular complexity index is 772. The van der Waals surface area contributed by atoms with Crippen molar-refractivity contribution in [2.24, 2.45) is 0 Å². The highest BCUT2D eigenvalue weighted by atomic mass is 32.2. The first kappa shape index (κ1) is 17.0. The predicted octanol–water partition coefficient (Wildman–Crippen LogP) is 3.08. The summed E-state index contributed by atoms with van der Waals surface area (Å²) in [4.78, 5) is 11.9. The van der Waals surface area contributed by atoms with Gasteiger partial charge in [0.05, 0.1) is 22.8 Å². The Kier molecular flexibility index (Phi) is 5.39. The number of para-hydroxylation sites is 1. The molecule has 2 aromatic rings. The lowest BCUT2D eigenvalue weighted by atomic mass is 10.2. The molecule has 0 saturated carbocycles. The molecular weight excluding hydrogens is 314 g/mol. The summed E-state index contributed by atoms with van der Waals surface area (Å²) in [5.41, 5.74) is 0.800. The molecule has 0 spiro atoms. The smallest absolute Gasteiger partial charge is 0.338 e. The summed E-state index contributed by atoms with van der Waals surface area (Å²) in [6, 6.07) is 14.7. The third-order valence-corrected chi connectivity index (χ3v) is 5.16. The first-order valence-electron chi connectivity index (χ1n) is 7.35. The average molecular weight is 333 g/mol.